The average molecular weight is 380 g/mol. The predicted octanol–water partition coefficient (Wildman–Crippen LogP) is 2.93. The number of rotatable bonds is 4. The Morgan fingerprint density at radius 2 is 2.00 bits per heavy atom. The summed E-state index contributed by atoms with van der Waals surface area (Å²) in [4.78, 5) is 31.8. The Kier molecular flexibility index (Phi) is 4.90. The van der Waals surface area contributed by atoms with Crippen molar-refractivity contribution in [2.45, 2.75) is 24.9 Å². The minimum absolute atomic E-state index is 0.163. The molecular formula is C21H24N4O3. The molecule has 1 atom stereocenters. The van der Waals surface area contributed by atoms with Gasteiger partial charge in [-0.15, -0.1) is 0 Å². The number of pyridine rings is 1. The quantitative estimate of drug-likeness (QED) is 0.885. The molecule has 7 nitrogen and oxygen atoms in total. The fourth-order valence-corrected chi connectivity index (χ4v) is 3.80. The number of likely N-dealkylation sites (N-methyl/N-ethyl adjacent to an activating group) is 1. The summed E-state index contributed by atoms with van der Waals surface area (Å²) in [5.41, 5.74) is 2.47. The zero-order valence-corrected chi connectivity index (χ0v) is 15.9. The second-order valence-electron chi connectivity index (χ2n) is 7.53. The molecule has 0 bridgehead atoms. The lowest BCUT2D eigenvalue weighted by Crippen LogP contribution is -2.40. The van der Waals surface area contributed by atoms with Gasteiger partial charge in [-0.05, 0) is 42.7 Å². The van der Waals surface area contributed by atoms with Crippen LogP contribution in [0.1, 0.15) is 17.7 Å². The third kappa shape index (κ3) is 3.93. The first kappa shape index (κ1) is 18.3. The fourth-order valence-electron chi connectivity index (χ4n) is 3.80. The van der Waals surface area contributed by atoms with Gasteiger partial charge in [-0.1, -0.05) is 18.2 Å². The first-order valence-electron chi connectivity index (χ1n) is 9.52. The second kappa shape index (κ2) is 7.50. The molecule has 4 rings (SSSR count). The number of aryl methyl sites for hydroxylation is 2. The van der Waals surface area contributed by atoms with Crippen molar-refractivity contribution in [2.24, 2.45) is 0 Å². The van der Waals surface area contributed by atoms with Crippen molar-refractivity contribution in [3.05, 3.63) is 59.9 Å². The predicted molar refractivity (Wildman–Crippen MR) is 105 cm³/mol. The summed E-state index contributed by atoms with van der Waals surface area (Å²) >= 11 is 0. The molecule has 1 spiro atoms. The summed E-state index contributed by atoms with van der Waals surface area (Å²) in [5.74, 6) is 0. The largest absolute Gasteiger partial charge is 0.439 e. The van der Waals surface area contributed by atoms with Gasteiger partial charge in [-0.3, -0.25) is 4.98 Å². The Labute approximate surface area is 164 Å². The number of urea groups is 1. The van der Waals surface area contributed by atoms with Crippen molar-refractivity contribution < 1.29 is 14.3 Å². The molecule has 146 valence electrons. The van der Waals surface area contributed by atoms with Crippen LogP contribution in [0.3, 0.4) is 0 Å². The molecule has 1 aromatic carbocycles. The van der Waals surface area contributed by atoms with Gasteiger partial charge in [0.05, 0.1) is 13.1 Å². The molecule has 1 aromatic heterocycles. The molecule has 0 aliphatic carbocycles. The summed E-state index contributed by atoms with van der Waals surface area (Å²) in [6.45, 7) is 1.53. The van der Waals surface area contributed by atoms with E-state index in [2.05, 4.69) is 10.3 Å². The maximum absolute atomic E-state index is 12.6. The van der Waals surface area contributed by atoms with Crippen molar-refractivity contribution in [1.82, 2.24) is 14.8 Å². The smallest absolute Gasteiger partial charge is 0.410 e. The lowest BCUT2D eigenvalue weighted by atomic mass is 10.0. The van der Waals surface area contributed by atoms with Crippen LogP contribution in [-0.4, -0.2) is 59.2 Å². The van der Waals surface area contributed by atoms with E-state index in [1.165, 1.54) is 5.56 Å². The standard InChI is InChI=1S/C21H24N4O3/c1-24-14-21(28-20(24)27)11-13-25(15-21)19(26)23-18-9-6-16(7-10-18)5-8-17-4-2-3-12-22-17/h2-4,6-7,9-10,12H,5,8,11,13-15H2,1H3,(H,23,26). The van der Waals surface area contributed by atoms with Gasteiger partial charge < -0.3 is 19.9 Å². The zero-order chi connectivity index (χ0) is 19.6. The van der Waals surface area contributed by atoms with Gasteiger partial charge in [0, 0.05) is 37.6 Å². The van der Waals surface area contributed by atoms with Gasteiger partial charge in [-0.25, -0.2) is 9.59 Å². The number of benzene rings is 1. The number of hydrogen-bond acceptors (Lipinski definition) is 4. The van der Waals surface area contributed by atoms with E-state index in [0.29, 0.717) is 26.1 Å². The highest BCUT2D eigenvalue weighted by Gasteiger charge is 2.49. The molecule has 3 heterocycles. The Hall–Kier alpha value is -3.09. The number of aromatic nitrogens is 1. The minimum atomic E-state index is -0.557. The lowest BCUT2D eigenvalue weighted by molar-refractivity contribution is 0.0663. The normalized spacial score (nSPS) is 21.2. The van der Waals surface area contributed by atoms with Crippen molar-refractivity contribution >= 4 is 17.8 Å². The summed E-state index contributed by atoms with van der Waals surface area (Å²) in [5, 5.41) is 2.93. The SMILES string of the molecule is CN1CC2(CCN(C(=O)Nc3ccc(CCc4ccccn4)cc3)C2)OC1=O. The highest BCUT2D eigenvalue weighted by atomic mass is 16.6. The summed E-state index contributed by atoms with van der Waals surface area (Å²) in [6.07, 6.45) is 3.95. The van der Waals surface area contributed by atoms with E-state index in [-0.39, 0.29) is 12.1 Å². The minimum Gasteiger partial charge on any atom is -0.439 e. The van der Waals surface area contributed by atoms with Gasteiger partial charge in [0.1, 0.15) is 0 Å². The molecule has 2 saturated heterocycles. The Bertz CT molecular complexity index is 856. The first-order valence-corrected chi connectivity index (χ1v) is 9.52. The van der Waals surface area contributed by atoms with Crippen LogP contribution in [0.5, 0.6) is 0 Å². The monoisotopic (exact) mass is 380 g/mol. The van der Waals surface area contributed by atoms with Crippen molar-refractivity contribution in [3.63, 3.8) is 0 Å². The van der Waals surface area contributed by atoms with Crippen LogP contribution in [0, 0.1) is 0 Å². The van der Waals surface area contributed by atoms with Gasteiger partial charge >= 0.3 is 12.1 Å². The third-order valence-electron chi connectivity index (χ3n) is 5.35. The molecule has 2 aromatic rings. The highest BCUT2D eigenvalue weighted by Crippen LogP contribution is 2.32. The average Bonchev–Trinajstić information content (AvgIpc) is 3.24. The van der Waals surface area contributed by atoms with Crippen molar-refractivity contribution in [3.8, 4) is 0 Å². The van der Waals surface area contributed by atoms with E-state index in [4.69, 9.17) is 4.74 Å². The maximum atomic E-state index is 12.6. The van der Waals surface area contributed by atoms with Gasteiger partial charge in [-0.2, -0.15) is 0 Å². The van der Waals surface area contributed by atoms with Crippen molar-refractivity contribution in [1.29, 1.82) is 0 Å². The van der Waals surface area contributed by atoms with E-state index >= 15 is 0 Å². The number of carbonyl (C=O) groups excluding carboxylic acids is 2. The molecule has 0 saturated carbocycles. The third-order valence-corrected chi connectivity index (χ3v) is 5.35. The van der Waals surface area contributed by atoms with Crippen LogP contribution >= 0.6 is 0 Å². The molecule has 28 heavy (non-hydrogen) atoms. The maximum Gasteiger partial charge on any atom is 0.410 e. The number of hydrogen-bond donors (Lipinski definition) is 1. The number of carbonyl (C=O) groups is 2. The Morgan fingerprint density at radius 3 is 2.68 bits per heavy atom. The molecule has 0 radical (unpaired) electrons. The number of ether oxygens (including phenoxy) is 1. The van der Waals surface area contributed by atoms with Gasteiger partial charge in [0.15, 0.2) is 5.60 Å². The summed E-state index contributed by atoms with van der Waals surface area (Å²) in [6, 6.07) is 13.7. The molecule has 2 aliphatic rings. The van der Waals surface area contributed by atoms with Crippen LogP contribution in [-0.2, 0) is 17.6 Å². The molecular weight excluding hydrogens is 356 g/mol. The van der Waals surface area contributed by atoms with Gasteiger partial charge in [0.25, 0.3) is 0 Å². The van der Waals surface area contributed by atoms with Crippen LogP contribution in [0.4, 0.5) is 15.3 Å². The first-order chi connectivity index (χ1) is 13.5. The molecule has 1 N–H and O–H groups in total. The Balaban J connectivity index is 1.30. The van der Waals surface area contributed by atoms with E-state index in [1.54, 1.807) is 23.0 Å². The zero-order valence-electron chi connectivity index (χ0n) is 15.9. The molecule has 2 aliphatic heterocycles. The van der Waals surface area contributed by atoms with E-state index < -0.39 is 5.60 Å². The highest BCUT2D eigenvalue weighted by molar-refractivity contribution is 5.89. The molecule has 1 unspecified atom stereocenters. The number of nitrogens with zero attached hydrogens (tertiary/aromatic N) is 3. The van der Waals surface area contributed by atoms with E-state index in [0.717, 1.165) is 24.2 Å². The molecule has 2 fully saturated rings. The lowest BCUT2D eigenvalue weighted by Gasteiger charge is -2.22. The fraction of sp³-hybridized carbons (Fsp3) is 0.381. The van der Waals surface area contributed by atoms with E-state index in [9.17, 15) is 9.59 Å². The number of nitrogens with one attached hydrogen (secondary N) is 1. The number of anilines is 1. The van der Waals surface area contributed by atoms with Crippen molar-refractivity contribution in [2.75, 3.05) is 32.0 Å². The van der Waals surface area contributed by atoms with E-state index in [1.807, 2.05) is 42.5 Å². The number of likely N-dealkylation sites (tertiary alicyclic amines) is 1. The van der Waals surface area contributed by atoms with Crippen LogP contribution in [0.2, 0.25) is 0 Å². The molecule has 3 amide bonds. The Morgan fingerprint density at radius 1 is 1.18 bits per heavy atom. The van der Waals surface area contributed by atoms with Gasteiger partial charge in [0.2, 0.25) is 0 Å². The van der Waals surface area contributed by atoms with Crippen LogP contribution < -0.4 is 5.32 Å². The summed E-state index contributed by atoms with van der Waals surface area (Å²) < 4.78 is 5.49. The second-order valence-corrected chi connectivity index (χ2v) is 7.53. The van der Waals surface area contributed by atoms with Crippen LogP contribution in [0.25, 0.3) is 0 Å². The topological polar surface area (TPSA) is 74.8 Å². The summed E-state index contributed by atoms with van der Waals surface area (Å²) in [7, 11) is 1.72. The van der Waals surface area contributed by atoms with Crippen LogP contribution in [0.15, 0.2) is 48.7 Å². The molecule has 7 heteroatoms. The number of amides is 3.